The first-order valence-corrected chi connectivity index (χ1v) is 13.4. The van der Waals surface area contributed by atoms with Gasteiger partial charge in [0.1, 0.15) is 0 Å². The Kier molecular flexibility index (Phi) is 6.89. The number of nitrogens with zero attached hydrogens (tertiary/aromatic N) is 3. The maximum absolute atomic E-state index is 13.4. The zero-order valence-corrected chi connectivity index (χ0v) is 21.1. The largest absolute Gasteiger partial charge is 0.381 e. The molecule has 0 spiro atoms. The van der Waals surface area contributed by atoms with Gasteiger partial charge in [0.2, 0.25) is 5.91 Å². The molecule has 1 aromatic heterocycles. The van der Waals surface area contributed by atoms with Crippen molar-refractivity contribution in [3.05, 3.63) is 78.0 Å². The molecule has 1 N–H and O–H groups in total. The summed E-state index contributed by atoms with van der Waals surface area (Å²) in [6.45, 7) is 5.72. The zero-order chi connectivity index (χ0) is 25.2. The Labute approximate surface area is 217 Å². The highest BCUT2D eigenvalue weighted by atomic mass is 16.5. The third-order valence-electron chi connectivity index (χ3n) is 8.28. The van der Waals surface area contributed by atoms with Gasteiger partial charge in [-0.05, 0) is 42.4 Å². The van der Waals surface area contributed by atoms with Crippen LogP contribution in [0.1, 0.15) is 34.8 Å². The van der Waals surface area contributed by atoms with Gasteiger partial charge < -0.3 is 19.9 Å². The minimum atomic E-state index is -0.0432. The Balaban J connectivity index is 1.06. The van der Waals surface area contributed by atoms with Crippen molar-refractivity contribution in [3.63, 3.8) is 0 Å². The number of benzene rings is 2. The summed E-state index contributed by atoms with van der Waals surface area (Å²) in [6.07, 6.45) is 3.40. The van der Waals surface area contributed by atoms with Crippen molar-refractivity contribution in [2.24, 2.45) is 17.8 Å². The van der Waals surface area contributed by atoms with Gasteiger partial charge in [0, 0.05) is 50.9 Å². The lowest BCUT2D eigenvalue weighted by Crippen LogP contribution is -2.37. The number of likely N-dealkylation sites (tertiary alicyclic amines) is 2. The number of amides is 2. The third kappa shape index (κ3) is 5.11. The maximum Gasteiger partial charge on any atom is 0.254 e. The lowest BCUT2D eigenvalue weighted by Gasteiger charge is -2.25. The highest BCUT2D eigenvalue weighted by Crippen LogP contribution is 2.33. The quantitative estimate of drug-likeness (QED) is 0.540. The van der Waals surface area contributed by atoms with Crippen LogP contribution >= 0.6 is 0 Å². The first-order chi connectivity index (χ1) is 18.2. The minimum Gasteiger partial charge on any atom is -0.381 e. The molecule has 37 heavy (non-hydrogen) atoms. The highest BCUT2D eigenvalue weighted by molar-refractivity contribution is 6.06. The Bertz CT molecular complexity index is 1240. The van der Waals surface area contributed by atoms with Crippen LogP contribution in [0, 0.1) is 17.8 Å². The van der Waals surface area contributed by atoms with Crippen LogP contribution in [0.25, 0.3) is 10.9 Å². The van der Waals surface area contributed by atoms with E-state index in [1.54, 1.807) is 6.20 Å². The predicted molar refractivity (Wildman–Crippen MR) is 142 cm³/mol. The Morgan fingerprint density at radius 3 is 2.49 bits per heavy atom. The Morgan fingerprint density at radius 1 is 0.973 bits per heavy atom. The molecule has 7 heteroatoms. The number of rotatable bonds is 7. The summed E-state index contributed by atoms with van der Waals surface area (Å²) in [6, 6.07) is 20.0. The Morgan fingerprint density at radius 2 is 1.73 bits per heavy atom. The lowest BCUT2D eigenvalue weighted by atomic mass is 10.0. The van der Waals surface area contributed by atoms with Crippen LogP contribution in [-0.2, 0) is 9.53 Å². The van der Waals surface area contributed by atoms with E-state index in [2.05, 4.69) is 27.3 Å². The summed E-state index contributed by atoms with van der Waals surface area (Å²) >= 11 is 0. The number of fused-ring (bicyclic) bond motifs is 2. The van der Waals surface area contributed by atoms with Gasteiger partial charge >= 0.3 is 0 Å². The number of para-hydroxylation sites is 1. The standard InChI is InChI=1S/C30H34N4O3/c35-29(22-12-15-37-20-22)32-27(21-6-2-1-3-7-21)11-14-33-16-23-18-34(19-24(23)17-33)30(36)26-10-13-31-28-9-5-4-8-25(26)28/h1-10,13,22-24,27H,11-12,14-20H2,(H,32,35)/t22?,23?,24?,27-/m0/s1. The number of carbonyl (C=O) groups excluding carboxylic acids is 2. The molecular weight excluding hydrogens is 464 g/mol. The summed E-state index contributed by atoms with van der Waals surface area (Å²) in [5.74, 6) is 1.16. The average Bonchev–Trinajstić information content (AvgIpc) is 3.68. The van der Waals surface area contributed by atoms with E-state index < -0.39 is 0 Å². The third-order valence-corrected chi connectivity index (χ3v) is 8.28. The summed E-state index contributed by atoms with van der Waals surface area (Å²) < 4.78 is 5.42. The molecule has 4 heterocycles. The van der Waals surface area contributed by atoms with Gasteiger partial charge in [-0.3, -0.25) is 14.6 Å². The molecule has 0 saturated carbocycles. The molecule has 0 radical (unpaired) electrons. The van der Waals surface area contributed by atoms with Crippen molar-refractivity contribution >= 4 is 22.7 Å². The van der Waals surface area contributed by atoms with E-state index >= 15 is 0 Å². The van der Waals surface area contributed by atoms with Crippen molar-refractivity contribution in [1.29, 1.82) is 0 Å². The van der Waals surface area contributed by atoms with Crippen LogP contribution in [0.5, 0.6) is 0 Å². The molecule has 0 aliphatic carbocycles. The van der Waals surface area contributed by atoms with E-state index in [9.17, 15) is 9.59 Å². The molecule has 3 saturated heterocycles. The van der Waals surface area contributed by atoms with E-state index in [4.69, 9.17) is 4.74 Å². The smallest absolute Gasteiger partial charge is 0.254 e. The van der Waals surface area contributed by atoms with E-state index in [-0.39, 0.29) is 23.8 Å². The molecule has 7 nitrogen and oxygen atoms in total. The number of nitrogens with one attached hydrogen (secondary N) is 1. The zero-order valence-electron chi connectivity index (χ0n) is 21.1. The average molecular weight is 499 g/mol. The van der Waals surface area contributed by atoms with E-state index in [1.165, 1.54) is 0 Å². The van der Waals surface area contributed by atoms with Gasteiger partial charge in [-0.25, -0.2) is 0 Å². The van der Waals surface area contributed by atoms with Gasteiger partial charge in [-0.15, -0.1) is 0 Å². The SMILES string of the molecule is O=C(N[C@@H](CCN1CC2CN(C(=O)c3ccnc4ccccc34)CC2C1)c1ccccc1)C1CCOC1. The van der Waals surface area contributed by atoms with Gasteiger partial charge in [-0.2, -0.15) is 0 Å². The lowest BCUT2D eigenvalue weighted by molar-refractivity contribution is -0.125. The van der Waals surface area contributed by atoms with Crippen molar-refractivity contribution in [2.75, 3.05) is 45.9 Å². The summed E-state index contributed by atoms with van der Waals surface area (Å²) in [7, 11) is 0. The monoisotopic (exact) mass is 498 g/mol. The number of pyridine rings is 1. The van der Waals surface area contributed by atoms with Crippen LogP contribution in [0.2, 0.25) is 0 Å². The molecule has 0 bridgehead atoms. The summed E-state index contributed by atoms with van der Waals surface area (Å²) in [5, 5.41) is 4.22. The van der Waals surface area contributed by atoms with Gasteiger partial charge in [0.05, 0.1) is 29.6 Å². The first kappa shape index (κ1) is 24.1. The van der Waals surface area contributed by atoms with Crippen molar-refractivity contribution in [2.45, 2.75) is 18.9 Å². The molecule has 3 fully saturated rings. The van der Waals surface area contributed by atoms with Gasteiger partial charge in [0.25, 0.3) is 5.91 Å². The Hall–Kier alpha value is -3.29. The summed E-state index contributed by atoms with van der Waals surface area (Å²) in [4.78, 5) is 35.2. The molecule has 6 rings (SSSR count). The van der Waals surface area contributed by atoms with E-state index in [1.807, 2.05) is 53.4 Å². The second kappa shape index (κ2) is 10.6. The molecule has 2 amide bonds. The summed E-state index contributed by atoms with van der Waals surface area (Å²) in [5.41, 5.74) is 2.76. The number of aromatic nitrogens is 1. The number of hydrogen-bond acceptors (Lipinski definition) is 5. The van der Waals surface area contributed by atoms with Crippen LogP contribution in [0.15, 0.2) is 66.9 Å². The molecular formula is C30H34N4O3. The fraction of sp³-hybridized carbons (Fsp3) is 0.433. The maximum atomic E-state index is 13.4. The second-order valence-corrected chi connectivity index (χ2v) is 10.7. The molecule has 3 unspecified atom stereocenters. The number of hydrogen-bond donors (Lipinski definition) is 1. The van der Waals surface area contributed by atoms with Crippen LogP contribution in [-0.4, -0.2) is 72.5 Å². The van der Waals surface area contributed by atoms with Crippen molar-refractivity contribution in [3.8, 4) is 0 Å². The van der Waals surface area contributed by atoms with Crippen LogP contribution in [0.4, 0.5) is 0 Å². The van der Waals surface area contributed by atoms with E-state index in [0.29, 0.717) is 25.0 Å². The molecule has 3 aromatic rings. The molecule has 3 aliphatic rings. The normalized spacial score (nSPS) is 24.3. The van der Waals surface area contributed by atoms with Crippen LogP contribution < -0.4 is 5.32 Å². The molecule has 2 aromatic carbocycles. The second-order valence-electron chi connectivity index (χ2n) is 10.7. The topological polar surface area (TPSA) is 74.8 Å². The molecule has 3 aliphatic heterocycles. The number of carbonyl (C=O) groups is 2. The fourth-order valence-electron chi connectivity index (χ4n) is 6.24. The highest BCUT2D eigenvalue weighted by Gasteiger charge is 2.42. The van der Waals surface area contributed by atoms with Crippen molar-refractivity contribution < 1.29 is 14.3 Å². The minimum absolute atomic E-state index is 0.00668. The van der Waals surface area contributed by atoms with Crippen LogP contribution in [0.3, 0.4) is 0 Å². The van der Waals surface area contributed by atoms with Crippen molar-refractivity contribution in [1.82, 2.24) is 20.1 Å². The first-order valence-electron chi connectivity index (χ1n) is 13.4. The fourth-order valence-corrected chi connectivity index (χ4v) is 6.24. The number of ether oxygens (including phenoxy) is 1. The van der Waals surface area contributed by atoms with Gasteiger partial charge in [-0.1, -0.05) is 48.5 Å². The molecule has 192 valence electrons. The molecule has 4 atom stereocenters. The van der Waals surface area contributed by atoms with E-state index in [0.717, 1.165) is 67.6 Å². The van der Waals surface area contributed by atoms with Gasteiger partial charge in [0.15, 0.2) is 0 Å². The predicted octanol–water partition coefficient (Wildman–Crippen LogP) is 3.52.